The van der Waals surface area contributed by atoms with Crippen molar-refractivity contribution in [3.63, 3.8) is 0 Å². The number of aryl methyl sites for hydroxylation is 1. The van der Waals surface area contributed by atoms with Crippen molar-refractivity contribution in [3.8, 4) is 5.75 Å². The summed E-state index contributed by atoms with van der Waals surface area (Å²) in [5.74, 6) is 0.418. The lowest BCUT2D eigenvalue weighted by molar-refractivity contribution is 0.0737. The molecular formula is C29H34N4O5. The highest BCUT2D eigenvalue weighted by Crippen LogP contribution is 2.30. The molecule has 38 heavy (non-hydrogen) atoms. The van der Waals surface area contributed by atoms with Crippen LogP contribution in [0.2, 0.25) is 0 Å². The Morgan fingerprint density at radius 1 is 1.16 bits per heavy atom. The van der Waals surface area contributed by atoms with E-state index in [0.717, 1.165) is 42.6 Å². The van der Waals surface area contributed by atoms with Crippen LogP contribution in [0.4, 0.5) is 0 Å². The molecular weight excluding hydrogens is 484 g/mol. The lowest BCUT2D eigenvalue weighted by Crippen LogP contribution is -2.52. The molecule has 1 aromatic heterocycles. The number of carbonyl (C=O) groups excluding carboxylic acids is 2. The van der Waals surface area contributed by atoms with Crippen molar-refractivity contribution in [3.05, 3.63) is 82.2 Å². The largest absolute Gasteiger partial charge is 0.493 e. The van der Waals surface area contributed by atoms with Gasteiger partial charge in [-0.2, -0.15) is 0 Å². The van der Waals surface area contributed by atoms with Crippen molar-refractivity contribution in [2.75, 3.05) is 13.2 Å². The first-order valence-corrected chi connectivity index (χ1v) is 13.2. The molecule has 0 radical (unpaired) electrons. The topological polar surface area (TPSA) is 126 Å². The van der Waals surface area contributed by atoms with Crippen LogP contribution in [-0.2, 0) is 19.4 Å². The summed E-state index contributed by atoms with van der Waals surface area (Å²) in [5, 5.41) is 24.3. The van der Waals surface area contributed by atoms with E-state index in [2.05, 4.69) is 21.1 Å². The first-order valence-electron chi connectivity index (χ1n) is 13.2. The highest BCUT2D eigenvalue weighted by atomic mass is 16.5. The number of ether oxygens (including phenoxy) is 1. The molecule has 9 nitrogen and oxygen atoms in total. The normalized spacial score (nSPS) is 18.2. The molecule has 9 heteroatoms. The summed E-state index contributed by atoms with van der Waals surface area (Å²) in [6.45, 7) is 3.38. The second-order valence-electron chi connectivity index (χ2n) is 10.0. The van der Waals surface area contributed by atoms with E-state index in [1.54, 1.807) is 18.2 Å². The molecule has 5 rings (SSSR count). The number of benzene rings is 2. The first kappa shape index (κ1) is 25.9. The Morgan fingerprint density at radius 2 is 2.00 bits per heavy atom. The van der Waals surface area contributed by atoms with E-state index in [1.807, 2.05) is 37.3 Å². The molecule has 3 atom stereocenters. The number of carbonyl (C=O) groups is 2. The lowest BCUT2D eigenvalue weighted by Gasteiger charge is -2.29. The molecule has 2 aromatic carbocycles. The quantitative estimate of drug-likeness (QED) is 0.343. The second kappa shape index (κ2) is 11.8. The van der Waals surface area contributed by atoms with Gasteiger partial charge in [-0.1, -0.05) is 35.5 Å². The Labute approximate surface area is 221 Å². The molecule has 0 saturated carbocycles. The van der Waals surface area contributed by atoms with E-state index < -0.39 is 12.1 Å². The van der Waals surface area contributed by atoms with Crippen LogP contribution in [-0.4, -0.2) is 53.4 Å². The minimum Gasteiger partial charge on any atom is -0.493 e. The van der Waals surface area contributed by atoms with Crippen LogP contribution in [0.5, 0.6) is 5.75 Å². The fraction of sp³-hybridized carbons (Fsp3) is 0.414. The third-order valence-corrected chi connectivity index (χ3v) is 7.18. The van der Waals surface area contributed by atoms with Crippen molar-refractivity contribution in [2.45, 2.75) is 63.8 Å². The smallest absolute Gasteiger partial charge is 0.252 e. The number of aromatic nitrogens is 1. The fourth-order valence-corrected chi connectivity index (χ4v) is 5.22. The van der Waals surface area contributed by atoms with Crippen LogP contribution in [0.15, 0.2) is 53.1 Å². The predicted molar refractivity (Wildman–Crippen MR) is 141 cm³/mol. The molecule has 1 saturated heterocycles. The Balaban J connectivity index is 1.38. The molecule has 2 aliphatic rings. The summed E-state index contributed by atoms with van der Waals surface area (Å²) < 4.78 is 11.1. The minimum atomic E-state index is -0.760. The van der Waals surface area contributed by atoms with Crippen molar-refractivity contribution in [1.29, 1.82) is 0 Å². The number of aliphatic hydroxyl groups excluding tert-OH is 1. The van der Waals surface area contributed by atoms with Gasteiger partial charge in [-0.15, -0.1) is 0 Å². The molecule has 200 valence electrons. The Hall–Kier alpha value is -3.69. The van der Waals surface area contributed by atoms with Gasteiger partial charge in [0.05, 0.1) is 31.0 Å². The standard InChI is InChI=1S/C29H34N4O5/c1-18-13-21(38-33-18)17-31-29(36)23-15-20(16-26-22(23)9-6-12-37-26)28(35)32-25(14-19-7-3-2-4-8-19)27(34)24-10-5-11-30-24/h2-4,7-8,13,15-16,24-25,27,30,34H,5-6,9-12,14,17H2,1H3,(H,31,36)(H,32,35). The van der Waals surface area contributed by atoms with Gasteiger partial charge in [0.25, 0.3) is 11.8 Å². The minimum absolute atomic E-state index is 0.0862. The highest BCUT2D eigenvalue weighted by Gasteiger charge is 2.32. The van der Waals surface area contributed by atoms with E-state index in [0.29, 0.717) is 42.1 Å². The highest BCUT2D eigenvalue weighted by molar-refractivity contribution is 6.01. The maximum Gasteiger partial charge on any atom is 0.252 e. The van der Waals surface area contributed by atoms with Gasteiger partial charge in [-0.3, -0.25) is 9.59 Å². The number of nitrogens with zero attached hydrogens (tertiary/aromatic N) is 1. The molecule has 3 unspecified atom stereocenters. The van der Waals surface area contributed by atoms with E-state index in [4.69, 9.17) is 9.26 Å². The molecule has 0 bridgehead atoms. The van der Waals surface area contributed by atoms with Gasteiger partial charge in [-0.05, 0) is 63.3 Å². The molecule has 0 spiro atoms. The Bertz CT molecular complexity index is 1270. The van der Waals surface area contributed by atoms with Gasteiger partial charge in [0.1, 0.15) is 5.75 Å². The number of rotatable bonds is 9. The summed E-state index contributed by atoms with van der Waals surface area (Å²) >= 11 is 0. The molecule has 2 aliphatic heterocycles. The molecule has 1 fully saturated rings. The van der Waals surface area contributed by atoms with Crippen LogP contribution in [0, 0.1) is 6.92 Å². The first-order chi connectivity index (χ1) is 18.5. The Kier molecular flexibility index (Phi) is 8.05. The van der Waals surface area contributed by atoms with Gasteiger partial charge < -0.3 is 30.3 Å². The van der Waals surface area contributed by atoms with Gasteiger partial charge in [0.2, 0.25) is 0 Å². The monoisotopic (exact) mass is 518 g/mol. The van der Waals surface area contributed by atoms with E-state index in [-0.39, 0.29) is 24.4 Å². The maximum absolute atomic E-state index is 13.6. The molecule has 2 amide bonds. The lowest BCUT2D eigenvalue weighted by atomic mass is 9.94. The molecule has 0 aliphatic carbocycles. The average Bonchev–Trinajstić information content (AvgIpc) is 3.63. The summed E-state index contributed by atoms with van der Waals surface area (Å²) in [5.41, 5.74) is 3.26. The van der Waals surface area contributed by atoms with E-state index in [9.17, 15) is 14.7 Å². The van der Waals surface area contributed by atoms with E-state index in [1.165, 1.54) is 0 Å². The summed E-state index contributed by atoms with van der Waals surface area (Å²) in [7, 11) is 0. The summed E-state index contributed by atoms with van der Waals surface area (Å²) in [4.78, 5) is 26.8. The molecule has 3 aromatic rings. The zero-order valence-corrected chi connectivity index (χ0v) is 21.5. The third-order valence-electron chi connectivity index (χ3n) is 7.18. The maximum atomic E-state index is 13.6. The van der Waals surface area contributed by atoms with Crippen LogP contribution >= 0.6 is 0 Å². The van der Waals surface area contributed by atoms with Crippen molar-refractivity contribution >= 4 is 11.8 Å². The predicted octanol–water partition coefficient (Wildman–Crippen LogP) is 2.69. The zero-order valence-electron chi connectivity index (χ0n) is 21.5. The van der Waals surface area contributed by atoms with Crippen molar-refractivity contribution < 1.29 is 24.0 Å². The zero-order chi connectivity index (χ0) is 26.5. The fourth-order valence-electron chi connectivity index (χ4n) is 5.22. The number of hydrogen-bond acceptors (Lipinski definition) is 7. The average molecular weight is 519 g/mol. The molecule has 4 N–H and O–H groups in total. The van der Waals surface area contributed by atoms with Crippen molar-refractivity contribution in [1.82, 2.24) is 21.1 Å². The summed E-state index contributed by atoms with van der Waals surface area (Å²) in [6.07, 6.45) is 3.04. The van der Waals surface area contributed by atoms with Crippen LogP contribution in [0.1, 0.15) is 62.6 Å². The Morgan fingerprint density at radius 3 is 2.74 bits per heavy atom. The van der Waals surface area contributed by atoms with Gasteiger partial charge in [0, 0.05) is 28.8 Å². The SMILES string of the molecule is Cc1cc(CNC(=O)c2cc(C(=O)NC(Cc3ccccc3)C(O)C3CCCN3)cc3c2CCCO3)on1. The number of aliphatic hydroxyl groups is 1. The van der Waals surface area contributed by atoms with Crippen LogP contribution in [0.3, 0.4) is 0 Å². The third kappa shape index (κ3) is 6.06. The van der Waals surface area contributed by atoms with Crippen molar-refractivity contribution in [2.24, 2.45) is 0 Å². The van der Waals surface area contributed by atoms with Gasteiger partial charge >= 0.3 is 0 Å². The van der Waals surface area contributed by atoms with Crippen LogP contribution < -0.4 is 20.7 Å². The number of nitrogens with one attached hydrogen (secondary N) is 3. The number of amides is 2. The molecule has 3 heterocycles. The van der Waals surface area contributed by atoms with Gasteiger partial charge in [-0.25, -0.2) is 0 Å². The number of fused-ring (bicyclic) bond motifs is 1. The number of hydrogen-bond donors (Lipinski definition) is 4. The second-order valence-corrected chi connectivity index (χ2v) is 10.0. The summed E-state index contributed by atoms with van der Waals surface area (Å²) in [6, 6.07) is 14.3. The van der Waals surface area contributed by atoms with Crippen LogP contribution in [0.25, 0.3) is 0 Å². The van der Waals surface area contributed by atoms with Gasteiger partial charge in [0.15, 0.2) is 5.76 Å². The van der Waals surface area contributed by atoms with E-state index >= 15 is 0 Å².